The normalized spacial score (nSPS) is 16.8. The third kappa shape index (κ3) is 4.48. The molecule has 38 heavy (non-hydrogen) atoms. The number of hydrogen-bond acceptors (Lipinski definition) is 6. The van der Waals surface area contributed by atoms with E-state index in [-0.39, 0.29) is 5.66 Å². The Balaban J connectivity index is 1.36. The van der Waals surface area contributed by atoms with Gasteiger partial charge in [0.05, 0.1) is 22.1 Å². The number of nitrogens with one attached hydrogen (secondary N) is 2. The predicted molar refractivity (Wildman–Crippen MR) is 158 cm³/mol. The number of nitrogens with zero attached hydrogens (tertiary/aromatic N) is 4. The minimum Gasteiger partial charge on any atom is -0.363 e. The minimum absolute atomic E-state index is 0.178. The predicted octanol–water partition coefficient (Wildman–Crippen LogP) is 10.8. The molecule has 0 aliphatic carbocycles. The van der Waals surface area contributed by atoms with Crippen molar-refractivity contribution >= 4 is 67.3 Å². The van der Waals surface area contributed by atoms with Gasteiger partial charge in [-0.05, 0) is 55.8 Å². The van der Waals surface area contributed by atoms with Gasteiger partial charge in [-0.15, -0.1) is 20.5 Å². The van der Waals surface area contributed by atoms with Crippen LogP contribution in [0.15, 0.2) is 111 Å². The first-order chi connectivity index (χ1) is 18.5. The molecule has 6 rings (SSSR count). The molecule has 0 amide bonds. The summed E-state index contributed by atoms with van der Waals surface area (Å²) >= 11 is 6.25. The molecular formula is C31H27ClN6. The molecular weight excluding hydrogens is 492 g/mol. The maximum Gasteiger partial charge on any atom is 0.105 e. The number of benzene rings is 5. The van der Waals surface area contributed by atoms with Crippen molar-refractivity contribution in [2.45, 2.75) is 32.4 Å². The maximum atomic E-state index is 6.25. The lowest BCUT2D eigenvalue weighted by Gasteiger charge is -2.39. The van der Waals surface area contributed by atoms with E-state index in [2.05, 4.69) is 64.1 Å². The van der Waals surface area contributed by atoms with Gasteiger partial charge in [-0.1, -0.05) is 73.5 Å². The van der Waals surface area contributed by atoms with Crippen molar-refractivity contribution < 1.29 is 0 Å². The molecule has 1 aliphatic heterocycles. The average Bonchev–Trinajstić information content (AvgIpc) is 2.92. The highest BCUT2D eigenvalue weighted by Gasteiger charge is 2.29. The van der Waals surface area contributed by atoms with Crippen molar-refractivity contribution in [3.05, 3.63) is 96.0 Å². The number of halogens is 1. The Labute approximate surface area is 226 Å². The Morgan fingerprint density at radius 3 is 1.79 bits per heavy atom. The van der Waals surface area contributed by atoms with E-state index in [1.165, 1.54) is 0 Å². The third-order valence-corrected chi connectivity index (χ3v) is 7.17. The summed E-state index contributed by atoms with van der Waals surface area (Å²) in [6.45, 7) is 4.40. The van der Waals surface area contributed by atoms with E-state index in [0.717, 1.165) is 62.8 Å². The monoisotopic (exact) mass is 518 g/mol. The lowest BCUT2D eigenvalue weighted by atomic mass is 9.97. The zero-order chi connectivity index (χ0) is 26.1. The molecule has 188 valence electrons. The van der Waals surface area contributed by atoms with Crippen LogP contribution in [0.2, 0.25) is 5.02 Å². The summed E-state index contributed by atoms with van der Waals surface area (Å²) in [5.41, 5.74) is 5.01. The van der Waals surface area contributed by atoms with Gasteiger partial charge < -0.3 is 10.6 Å². The highest BCUT2D eigenvalue weighted by atomic mass is 35.5. The summed E-state index contributed by atoms with van der Waals surface area (Å²) < 4.78 is 0. The third-order valence-electron chi connectivity index (χ3n) is 6.85. The molecule has 0 spiro atoms. The van der Waals surface area contributed by atoms with Crippen LogP contribution in [-0.4, -0.2) is 5.66 Å². The van der Waals surface area contributed by atoms with Gasteiger partial charge in [0.2, 0.25) is 0 Å². The number of fused-ring (bicyclic) bond motifs is 1. The molecule has 0 aromatic heterocycles. The molecule has 0 fully saturated rings. The largest absolute Gasteiger partial charge is 0.363 e. The fourth-order valence-electron chi connectivity index (χ4n) is 5.13. The van der Waals surface area contributed by atoms with E-state index in [1.54, 1.807) is 6.07 Å². The molecule has 2 N–H and O–H groups in total. The highest BCUT2D eigenvalue weighted by molar-refractivity contribution is 6.32. The van der Waals surface area contributed by atoms with Gasteiger partial charge in [0, 0.05) is 32.9 Å². The second kappa shape index (κ2) is 9.88. The van der Waals surface area contributed by atoms with Crippen molar-refractivity contribution in [1.82, 2.24) is 0 Å². The van der Waals surface area contributed by atoms with E-state index in [4.69, 9.17) is 16.7 Å². The zero-order valence-corrected chi connectivity index (χ0v) is 22.0. The summed E-state index contributed by atoms with van der Waals surface area (Å²) in [6.07, 6.45) is 2.10. The van der Waals surface area contributed by atoms with Crippen molar-refractivity contribution in [1.29, 1.82) is 0 Å². The molecule has 1 unspecified atom stereocenters. The van der Waals surface area contributed by atoms with E-state index in [9.17, 15) is 0 Å². The van der Waals surface area contributed by atoms with Crippen LogP contribution in [-0.2, 0) is 0 Å². The summed E-state index contributed by atoms with van der Waals surface area (Å²) in [6, 6.07) is 29.7. The topological polar surface area (TPSA) is 73.5 Å². The molecule has 0 radical (unpaired) electrons. The molecule has 0 bridgehead atoms. The minimum atomic E-state index is -0.178. The van der Waals surface area contributed by atoms with E-state index in [0.29, 0.717) is 10.7 Å². The molecule has 6 nitrogen and oxygen atoms in total. The molecule has 5 aromatic rings. The Morgan fingerprint density at radius 2 is 1.13 bits per heavy atom. The van der Waals surface area contributed by atoms with Crippen LogP contribution in [0, 0.1) is 0 Å². The second-order valence-corrected chi connectivity index (χ2v) is 10.1. The van der Waals surface area contributed by atoms with Gasteiger partial charge in [-0.25, -0.2) is 0 Å². The molecule has 5 aromatic carbocycles. The van der Waals surface area contributed by atoms with Crippen LogP contribution in [0.3, 0.4) is 0 Å². The van der Waals surface area contributed by atoms with Crippen LogP contribution < -0.4 is 10.6 Å². The highest BCUT2D eigenvalue weighted by Crippen LogP contribution is 2.43. The van der Waals surface area contributed by atoms with E-state index < -0.39 is 0 Å². The van der Waals surface area contributed by atoms with Crippen LogP contribution in [0.25, 0.3) is 21.5 Å². The first kappa shape index (κ1) is 24.1. The Kier molecular flexibility index (Phi) is 6.26. The number of hydrogen-bond donors (Lipinski definition) is 2. The Morgan fingerprint density at radius 1 is 0.605 bits per heavy atom. The van der Waals surface area contributed by atoms with Gasteiger partial charge in [-0.2, -0.15) is 0 Å². The Bertz CT molecular complexity index is 1710. The van der Waals surface area contributed by atoms with Gasteiger partial charge in [0.25, 0.3) is 0 Å². The van der Waals surface area contributed by atoms with E-state index in [1.807, 2.05) is 60.7 Å². The summed E-state index contributed by atoms with van der Waals surface area (Å²) in [4.78, 5) is 0. The molecule has 7 heteroatoms. The summed E-state index contributed by atoms with van der Waals surface area (Å²) in [5, 5.41) is 30.2. The summed E-state index contributed by atoms with van der Waals surface area (Å²) in [5.74, 6) is 0. The lowest BCUT2D eigenvalue weighted by molar-refractivity contribution is 0.523. The van der Waals surface area contributed by atoms with Crippen LogP contribution in [0.1, 0.15) is 26.7 Å². The smallest absolute Gasteiger partial charge is 0.105 e. The Hall–Kier alpha value is -4.29. The maximum absolute atomic E-state index is 6.25. The number of anilines is 2. The fraction of sp³-hybridized carbons (Fsp3) is 0.161. The van der Waals surface area contributed by atoms with Crippen LogP contribution in [0.5, 0.6) is 0 Å². The van der Waals surface area contributed by atoms with Gasteiger partial charge >= 0.3 is 0 Å². The first-order valence-corrected chi connectivity index (χ1v) is 13.1. The van der Waals surface area contributed by atoms with Crippen LogP contribution in [0.4, 0.5) is 34.1 Å². The quantitative estimate of drug-likeness (QED) is 0.219. The molecule has 0 saturated carbocycles. The average molecular weight is 519 g/mol. The molecule has 0 saturated heterocycles. The van der Waals surface area contributed by atoms with Crippen molar-refractivity contribution in [3.63, 3.8) is 0 Å². The van der Waals surface area contributed by atoms with Gasteiger partial charge in [-0.3, -0.25) is 0 Å². The number of rotatable bonds is 6. The SMILES string of the molecule is CCCC1(C)Nc2cccc3c(N=Nc4ccc(N=Nc5ccccc5Cl)c5ccccc45)ccc(c23)N1. The second-order valence-electron chi connectivity index (χ2n) is 9.69. The zero-order valence-electron chi connectivity index (χ0n) is 21.2. The molecule has 1 aliphatic rings. The first-order valence-electron chi connectivity index (χ1n) is 12.8. The van der Waals surface area contributed by atoms with Crippen molar-refractivity contribution in [2.75, 3.05) is 10.6 Å². The molecule has 1 heterocycles. The van der Waals surface area contributed by atoms with Crippen molar-refractivity contribution in [2.24, 2.45) is 20.5 Å². The summed E-state index contributed by atoms with van der Waals surface area (Å²) in [7, 11) is 0. The lowest BCUT2D eigenvalue weighted by Crippen LogP contribution is -2.45. The molecule has 1 atom stereocenters. The van der Waals surface area contributed by atoms with Gasteiger partial charge in [0.15, 0.2) is 0 Å². The van der Waals surface area contributed by atoms with Gasteiger partial charge in [0.1, 0.15) is 11.4 Å². The fourth-order valence-corrected chi connectivity index (χ4v) is 5.30. The standard InChI is InChI=1S/C31H27ClN6/c1-3-19-31(2)33-28-14-8-11-22-26(17-18-29(34-31)30(22)28)37-35-24-15-16-25(21-10-5-4-9-20(21)24)36-38-27-13-7-6-12-23(27)32/h4-18,33-34H,3,19H2,1-2H3. The number of azo groups is 2. The van der Waals surface area contributed by atoms with E-state index >= 15 is 0 Å². The van der Waals surface area contributed by atoms with Crippen LogP contribution >= 0.6 is 11.6 Å². The van der Waals surface area contributed by atoms with Crippen molar-refractivity contribution in [3.8, 4) is 0 Å².